The number of methoxy groups -OCH3 is 1. The maximum atomic E-state index is 6.39. The van der Waals surface area contributed by atoms with Gasteiger partial charge in [-0.25, -0.2) is 0 Å². The first-order chi connectivity index (χ1) is 13.9. The van der Waals surface area contributed by atoms with Gasteiger partial charge >= 0.3 is 8.80 Å². The van der Waals surface area contributed by atoms with Crippen LogP contribution in [0.15, 0.2) is 12.1 Å². The number of hydrogen-bond donors (Lipinski definition) is 0. The molecule has 0 aliphatic heterocycles. The molecule has 13 heteroatoms. The Bertz CT molecular complexity index is 678. The Morgan fingerprint density at radius 2 is 1.43 bits per heavy atom. The average molecular weight is 551 g/mol. The van der Waals surface area contributed by atoms with Gasteiger partial charge in [0.25, 0.3) is 0 Å². The van der Waals surface area contributed by atoms with E-state index in [0.29, 0.717) is 19.8 Å². The van der Waals surface area contributed by atoms with Crippen molar-refractivity contribution in [2.24, 2.45) is 0 Å². The van der Waals surface area contributed by atoms with Gasteiger partial charge in [0.2, 0.25) is 0 Å². The Labute approximate surface area is 203 Å². The fraction of sp³-hybridized carbons (Fsp3) is 0.647. The lowest BCUT2D eigenvalue weighted by molar-refractivity contribution is 0.229. The van der Waals surface area contributed by atoms with E-state index in [4.69, 9.17) is 18.0 Å². The molecule has 1 rings (SSSR count). The summed E-state index contributed by atoms with van der Waals surface area (Å²) in [5, 5.41) is 0. The molecule has 30 heavy (non-hydrogen) atoms. The highest BCUT2D eigenvalue weighted by Crippen LogP contribution is 2.32. The molecular formula is C17H30O4Si9. The van der Waals surface area contributed by atoms with Crippen molar-refractivity contribution in [3.8, 4) is 5.75 Å². The number of aryl methyl sites for hydroxylation is 3. The van der Waals surface area contributed by atoms with Gasteiger partial charge in [-0.2, -0.15) is 0 Å². The Balaban J connectivity index is 3.54. The topological polar surface area (TPSA) is 36.9 Å². The summed E-state index contributed by atoms with van der Waals surface area (Å²) in [4.78, 5) is 0. The molecule has 1 aromatic rings. The van der Waals surface area contributed by atoms with E-state index >= 15 is 0 Å². The van der Waals surface area contributed by atoms with Crippen LogP contribution in [0.5, 0.6) is 5.75 Å². The third-order valence-corrected chi connectivity index (χ3v) is 83.5. The zero-order chi connectivity index (χ0) is 23.2. The van der Waals surface area contributed by atoms with Crippen molar-refractivity contribution in [2.75, 3.05) is 26.9 Å². The van der Waals surface area contributed by atoms with Crippen LogP contribution in [0.2, 0.25) is 6.04 Å². The van der Waals surface area contributed by atoms with Gasteiger partial charge in [-0.1, -0.05) is 12.1 Å². The molecule has 0 bridgehead atoms. The maximum Gasteiger partial charge on any atom is 0.354 e. The minimum Gasteiger partial charge on any atom is -0.496 e. The predicted molar refractivity (Wildman–Crippen MR) is 138 cm³/mol. The summed E-state index contributed by atoms with van der Waals surface area (Å²) in [6.45, 7) is 7.25. The largest absolute Gasteiger partial charge is 0.496 e. The van der Waals surface area contributed by atoms with E-state index in [1.165, 1.54) is 11.1 Å². The van der Waals surface area contributed by atoms with Gasteiger partial charge in [-0.05, 0) is 63.8 Å². The third kappa shape index (κ3) is 6.46. The summed E-state index contributed by atoms with van der Waals surface area (Å²) in [5.74, 6) is 0.926. The van der Waals surface area contributed by atoms with Crippen LogP contribution in [0.25, 0.3) is 0 Å². The van der Waals surface area contributed by atoms with E-state index < -0.39 is 28.4 Å². The molecule has 4 nitrogen and oxygen atoms in total. The number of benzene rings is 1. The average Bonchev–Trinajstić information content (AvgIpc) is 2.63. The van der Waals surface area contributed by atoms with E-state index in [1.807, 2.05) is 20.8 Å². The normalized spacial score (nSPS) is 14.8. The molecule has 16 radical (unpaired) electrons. The van der Waals surface area contributed by atoms with Crippen molar-refractivity contribution in [3.63, 3.8) is 0 Å². The summed E-state index contributed by atoms with van der Waals surface area (Å²) < 4.78 is 24.6. The van der Waals surface area contributed by atoms with Crippen molar-refractivity contribution in [1.82, 2.24) is 0 Å². The highest BCUT2D eigenvalue weighted by atomic mass is 30.4. The molecule has 0 N–H and O–H groups in total. The predicted octanol–water partition coefficient (Wildman–Crippen LogP) is 0.857. The summed E-state index contributed by atoms with van der Waals surface area (Å²) in [7, 11) is 20.7. The van der Waals surface area contributed by atoms with Gasteiger partial charge in [0, 0.05) is 74.8 Å². The first-order valence-corrected chi connectivity index (χ1v) is 28.0. The molecule has 0 fully saturated rings. The molecule has 0 aliphatic carbocycles. The quantitative estimate of drug-likeness (QED) is 0.341. The zero-order valence-electron chi connectivity index (χ0n) is 18.8. The summed E-state index contributed by atoms with van der Waals surface area (Å²) >= 11 is 0. The zero-order valence-corrected chi connectivity index (χ0v) is 27.8. The molecule has 0 spiro atoms. The smallest absolute Gasteiger partial charge is 0.354 e. The Kier molecular flexibility index (Phi) is 11.9. The Morgan fingerprint density at radius 1 is 0.867 bits per heavy atom. The van der Waals surface area contributed by atoms with Gasteiger partial charge in [0.15, 0.2) is 0 Å². The fourth-order valence-electron chi connectivity index (χ4n) is 3.58. The van der Waals surface area contributed by atoms with E-state index in [1.54, 1.807) is 7.11 Å². The second-order valence-corrected chi connectivity index (χ2v) is 56.0. The van der Waals surface area contributed by atoms with Crippen LogP contribution >= 0.6 is 0 Å². The molecule has 0 aromatic heterocycles. The van der Waals surface area contributed by atoms with Gasteiger partial charge in [-0.15, -0.1) is 0 Å². The second kappa shape index (κ2) is 12.4. The van der Waals surface area contributed by atoms with Gasteiger partial charge in [0.05, 0.1) is 7.11 Å². The lowest BCUT2D eigenvalue weighted by Gasteiger charge is -2.52. The monoisotopic (exact) mass is 550 g/mol. The van der Waals surface area contributed by atoms with Crippen LogP contribution in [0.4, 0.5) is 0 Å². The van der Waals surface area contributed by atoms with Crippen molar-refractivity contribution in [1.29, 1.82) is 0 Å². The number of rotatable bonds is 13. The first-order valence-electron chi connectivity index (χ1n) is 10.1. The molecule has 0 heterocycles. The van der Waals surface area contributed by atoms with Crippen LogP contribution in [-0.4, -0.2) is 104 Å². The lowest BCUT2D eigenvalue weighted by Crippen LogP contribution is -2.89. The maximum absolute atomic E-state index is 6.39. The van der Waals surface area contributed by atoms with E-state index in [9.17, 15) is 0 Å². The molecule has 0 saturated heterocycles. The Morgan fingerprint density at radius 3 is 1.87 bits per heavy atom. The van der Waals surface area contributed by atoms with Crippen molar-refractivity contribution < 1.29 is 18.0 Å². The van der Waals surface area contributed by atoms with Crippen molar-refractivity contribution in [2.45, 2.75) is 47.1 Å². The SMILES string of the molecule is CCO[Si](OCC)[Si](CCc1cc(C)c(OC)cc1C)([Si]([Si])([Si])[Si])[Si]([Si])([Si])OCC. The van der Waals surface area contributed by atoms with Crippen LogP contribution in [0.1, 0.15) is 37.5 Å². The summed E-state index contributed by atoms with van der Waals surface area (Å²) in [6, 6.07) is 5.32. The van der Waals surface area contributed by atoms with Crippen LogP contribution < -0.4 is 4.74 Å². The molecule has 158 valence electrons. The molecular weight excluding hydrogens is 521 g/mol. The second-order valence-electron chi connectivity index (χ2n) is 7.17. The minimum atomic E-state index is -2.52. The minimum absolute atomic E-state index is 0.619. The highest BCUT2D eigenvalue weighted by molar-refractivity contribution is 8.11. The summed E-state index contributed by atoms with van der Waals surface area (Å²) in [6.07, 6.45) is -1.37. The Hall–Kier alpha value is 0.852. The molecule has 1 atom stereocenters. The van der Waals surface area contributed by atoms with Crippen LogP contribution in [0, 0.1) is 13.8 Å². The van der Waals surface area contributed by atoms with E-state index in [-0.39, 0.29) is 0 Å². The molecule has 0 aliphatic rings. The lowest BCUT2D eigenvalue weighted by atomic mass is 10.0. The van der Waals surface area contributed by atoms with Crippen molar-refractivity contribution in [3.05, 3.63) is 28.8 Å². The molecule has 1 aromatic carbocycles. The van der Waals surface area contributed by atoms with Crippen LogP contribution in [-0.2, 0) is 19.7 Å². The number of ether oxygens (including phenoxy) is 1. The van der Waals surface area contributed by atoms with Crippen molar-refractivity contribution >= 4 is 77.2 Å². The van der Waals surface area contributed by atoms with E-state index in [0.717, 1.165) is 23.8 Å². The number of hydrogen-bond acceptors (Lipinski definition) is 4. The molecule has 1 unspecified atom stereocenters. The fourth-order valence-corrected chi connectivity index (χ4v) is 97.8. The van der Waals surface area contributed by atoms with Gasteiger partial charge in [-0.3, -0.25) is 0 Å². The molecule has 0 amide bonds. The van der Waals surface area contributed by atoms with Crippen LogP contribution in [0.3, 0.4) is 0 Å². The first kappa shape index (κ1) is 28.9. The molecule has 0 saturated carbocycles. The standard InChI is InChI=1S/C17H30O4Si9/c1-7-19-27(20-8-2)28(30(24,25)26,29(22,23)21-9-3)11-10-16-12-15(5)17(18-6)13-14(16)4/h12-13H,7-11H2,1-6H3. The summed E-state index contributed by atoms with van der Waals surface area (Å²) in [5.41, 5.74) is 3.70. The highest BCUT2D eigenvalue weighted by Gasteiger charge is 2.65. The third-order valence-electron chi connectivity index (χ3n) is 5.12. The van der Waals surface area contributed by atoms with E-state index in [2.05, 4.69) is 74.8 Å². The van der Waals surface area contributed by atoms with Gasteiger partial charge in [0.1, 0.15) is 19.2 Å². The van der Waals surface area contributed by atoms with Gasteiger partial charge < -0.3 is 18.0 Å².